The zero-order chi connectivity index (χ0) is 12.1. The molecule has 2 atom stereocenters. The average Bonchev–Trinajstić information content (AvgIpc) is 2.25. The molecule has 0 bridgehead atoms. The van der Waals surface area contributed by atoms with Crippen LogP contribution in [-0.4, -0.2) is 17.8 Å². The number of rotatable bonds is 5. The lowest BCUT2D eigenvalue weighted by Gasteiger charge is -2.22. The van der Waals surface area contributed by atoms with E-state index in [2.05, 4.69) is 51.2 Å². The Bertz CT molecular complexity index is 332. The van der Waals surface area contributed by atoms with E-state index in [1.807, 2.05) is 0 Å². The van der Waals surface area contributed by atoms with Gasteiger partial charge in [0.2, 0.25) is 0 Å². The predicted molar refractivity (Wildman–Crippen MR) is 68.6 cm³/mol. The summed E-state index contributed by atoms with van der Waals surface area (Å²) in [6.07, 6.45) is 0.950. The van der Waals surface area contributed by atoms with Crippen LogP contribution in [0, 0.1) is 13.8 Å². The van der Waals surface area contributed by atoms with E-state index >= 15 is 0 Å². The molecule has 0 radical (unpaired) electrons. The second-order valence-electron chi connectivity index (χ2n) is 4.54. The van der Waals surface area contributed by atoms with Gasteiger partial charge in [-0.25, -0.2) is 0 Å². The van der Waals surface area contributed by atoms with E-state index in [-0.39, 0.29) is 18.7 Å². The van der Waals surface area contributed by atoms with Gasteiger partial charge >= 0.3 is 0 Å². The van der Waals surface area contributed by atoms with Crippen molar-refractivity contribution >= 4 is 0 Å². The van der Waals surface area contributed by atoms with Gasteiger partial charge in [-0.3, -0.25) is 0 Å². The Balaban J connectivity index is 2.76. The Morgan fingerprint density at radius 2 is 2.00 bits per heavy atom. The number of nitrogens with one attached hydrogen (secondary N) is 1. The Kier molecular flexibility index (Phi) is 4.97. The van der Waals surface area contributed by atoms with E-state index in [1.165, 1.54) is 16.7 Å². The normalized spacial score (nSPS) is 14.8. The summed E-state index contributed by atoms with van der Waals surface area (Å²) in [5, 5.41) is 12.6. The van der Waals surface area contributed by atoms with Gasteiger partial charge in [-0.2, -0.15) is 0 Å². The number of hydrogen-bond acceptors (Lipinski definition) is 2. The van der Waals surface area contributed by atoms with Gasteiger partial charge in [0.05, 0.1) is 6.61 Å². The lowest BCUT2D eigenvalue weighted by atomic mass is 9.99. The molecule has 0 heterocycles. The molecule has 0 aliphatic heterocycles. The third-order valence-corrected chi connectivity index (χ3v) is 3.09. The van der Waals surface area contributed by atoms with Crippen molar-refractivity contribution in [1.82, 2.24) is 5.32 Å². The van der Waals surface area contributed by atoms with Gasteiger partial charge in [0.25, 0.3) is 0 Å². The summed E-state index contributed by atoms with van der Waals surface area (Å²) in [5.41, 5.74) is 3.92. The van der Waals surface area contributed by atoms with Crippen LogP contribution in [0.25, 0.3) is 0 Å². The fourth-order valence-corrected chi connectivity index (χ4v) is 2.05. The van der Waals surface area contributed by atoms with Crippen LogP contribution < -0.4 is 5.32 Å². The smallest absolute Gasteiger partial charge is 0.0584 e. The lowest BCUT2D eigenvalue weighted by molar-refractivity contribution is 0.230. The van der Waals surface area contributed by atoms with E-state index in [1.54, 1.807) is 0 Å². The molecule has 1 unspecified atom stereocenters. The van der Waals surface area contributed by atoms with Gasteiger partial charge in [0.15, 0.2) is 0 Å². The van der Waals surface area contributed by atoms with Crippen molar-refractivity contribution in [2.75, 3.05) is 6.61 Å². The maximum atomic E-state index is 9.17. The van der Waals surface area contributed by atoms with E-state index < -0.39 is 0 Å². The van der Waals surface area contributed by atoms with Gasteiger partial charge in [0, 0.05) is 12.1 Å². The summed E-state index contributed by atoms with van der Waals surface area (Å²) < 4.78 is 0. The molecule has 0 fully saturated rings. The molecule has 1 aromatic carbocycles. The number of aliphatic hydroxyl groups is 1. The molecule has 0 aliphatic rings. The molecule has 2 N–H and O–H groups in total. The highest BCUT2D eigenvalue weighted by Gasteiger charge is 2.12. The van der Waals surface area contributed by atoms with Gasteiger partial charge in [0.1, 0.15) is 0 Å². The fourth-order valence-electron chi connectivity index (χ4n) is 2.05. The third kappa shape index (κ3) is 3.32. The molecule has 1 aromatic rings. The first-order valence-electron chi connectivity index (χ1n) is 6.02. The summed E-state index contributed by atoms with van der Waals surface area (Å²) in [4.78, 5) is 0. The topological polar surface area (TPSA) is 32.3 Å². The predicted octanol–water partition coefficient (Wildman–Crippen LogP) is 2.72. The fraction of sp³-hybridized carbons (Fsp3) is 0.571. The first kappa shape index (κ1) is 13.2. The molecule has 0 aromatic heterocycles. The summed E-state index contributed by atoms with van der Waals surface area (Å²) >= 11 is 0. The Labute approximate surface area is 98.7 Å². The van der Waals surface area contributed by atoms with E-state index in [9.17, 15) is 5.11 Å². The van der Waals surface area contributed by atoms with Crippen molar-refractivity contribution in [3.8, 4) is 0 Å². The van der Waals surface area contributed by atoms with Gasteiger partial charge in [-0.05, 0) is 38.3 Å². The summed E-state index contributed by atoms with van der Waals surface area (Å²) in [6, 6.07) is 6.99. The minimum Gasteiger partial charge on any atom is -0.395 e. The van der Waals surface area contributed by atoms with Crippen LogP contribution in [0.2, 0.25) is 0 Å². The second kappa shape index (κ2) is 6.02. The van der Waals surface area contributed by atoms with Crippen LogP contribution in [0.3, 0.4) is 0 Å². The van der Waals surface area contributed by atoms with Gasteiger partial charge in [-0.1, -0.05) is 30.7 Å². The largest absolute Gasteiger partial charge is 0.395 e. The number of aryl methyl sites for hydroxylation is 2. The third-order valence-electron chi connectivity index (χ3n) is 3.09. The maximum absolute atomic E-state index is 9.17. The van der Waals surface area contributed by atoms with Crippen molar-refractivity contribution < 1.29 is 5.11 Å². The molecular weight excluding hydrogens is 198 g/mol. The van der Waals surface area contributed by atoms with Crippen molar-refractivity contribution in [2.24, 2.45) is 0 Å². The molecule has 2 heteroatoms. The van der Waals surface area contributed by atoms with E-state index in [4.69, 9.17) is 0 Å². The SMILES string of the molecule is CC[C@@H](CO)NC(C)c1ccc(C)cc1C. The highest BCUT2D eigenvalue weighted by atomic mass is 16.3. The van der Waals surface area contributed by atoms with E-state index in [0.29, 0.717) is 0 Å². The van der Waals surface area contributed by atoms with Gasteiger partial charge in [-0.15, -0.1) is 0 Å². The van der Waals surface area contributed by atoms with Crippen LogP contribution in [-0.2, 0) is 0 Å². The van der Waals surface area contributed by atoms with Crippen molar-refractivity contribution in [3.05, 3.63) is 34.9 Å². The molecular formula is C14H23NO. The van der Waals surface area contributed by atoms with Crippen LogP contribution in [0.5, 0.6) is 0 Å². The zero-order valence-corrected chi connectivity index (χ0v) is 10.7. The molecule has 1 rings (SSSR count). The Morgan fingerprint density at radius 1 is 1.31 bits per heavy atom. The number of hydrogen-bond donors (Lipinski definition) is 2. The lowest BCUT2D eigenvalue weighted by Crippen LogP contribution is -2.34. The average molecular weight is 221 g/mol. The molecule has 0 aliphatic carbocycles. The summed E-state index contributed by atoms with van der Waals surface area (Å²) in [5.74, 6) is 0. The van der Waals surface area contributed by atoms with Crippen molar-refractivity contribution in [3.63, 3.8) is 0 Å². The summed E-state index contributed by atoms with van der Waals surface area (Å²) in [7, 11) is 0. The molecule has 90 valence electrons. The Hall–Kier alpha value is -0.860. The standard InChI is InChI=1S/C14H23NO/c1-5-13(9-16)15-12(4)14-7-6-10(2)8-11(14)3/h6-8,12-13,15-16H,5,9H2,1-4H3/t12?,13-/m0/s1. The minimum atomic E-state index is 0.190. The van der Waals surface area contributed by atoms with Crippen LogP contribution >= 0.6 is 0 Å². The number of aliphatic hydroxyl groups excluding tert-OH is 1. The monoisotopic (exact) mass is 221 g/mol. The molecule has 0 amide bonds. The van der Waals surface area contributed by atoms with Crippen LogP contribution in [0.4, 0.5) is 0 Å². The molecule has 2 nitrogen and oxygen atoms in total. The first-order valence-corrected chi connectivity index (χ1v) is 6.02. The first-order chi connectivity index (χ1) is 7.58. The van der Waals surface area contributed by atoms with Crippen LogP contribution in [0.1, 0.15) is 43.0 Å². The van der Waals surface area contributed by atoms with Gasteiger partial charge < -0.3 is 10.4 Å². The van der Waals surface area contributed by atoms with Crippen molar-refractivity contribution in [2.45, 2.75) is 46.2 Å². The maximum Gasteiger partial charge on any atom is 0.0584 e. The summed E-state index contributed by atoms with van der Waals surface area (Å²) in [6.45, 7) is 8.68. The zero-order valence-electron chi connectivity index (χ0n) is 10.7. The van der Waals surface area contributed by atoms with Crippen molar-refractivity contribution in [1.29, 1.82) is 0 Å². The molecule has 0 saturated heterocycles. The molecule has 0 spiro atoms. The highest BCUT2D eigenvalue weighted by molar-refractivity contribution is 5.32. The van der Waals surface area contributed by atoms with Crippen LogP contribution in [0.15, 0.2) is 18.2 Å². The number of benzene rings is 1. The Morgan fingerprint density at radius 3 is 2.50 bits per heavy atom. The molecule has 16 heavy (non-hydrogen) atoms. The quantitative estimate of drug-likeness (QED) is 0.801. The van der Waals surface area contributed by atoms with E-state index in [0.717, 1.165) is 6.42 Å². The molecule has 0 saturated carbocycles. The minimum absolute atomic E-state index is 0.190. The second-order valence-corrected chi connectivity index (χ2v) is 4.54. The highest BCUT2D eigenvalue weighted by Crippen LogP contribution is 2.19.